The molecule has 0 saturated heterocycles. The Balaban J connectivity index is 3.44. The molecule has 1 aromatic carbocycles. The van der Waals surface area contributed by atoms with Crippen molar-refractivity contribution in [3.8, 4) is 5.75 Å². The van der Waals surface area contributed by atoms with E-state index in [9.17, 15) is 4.79 Å². The number of halogens is 1. The van der Waals surface area contributed by atoms with Gasteiger partial charge in [0, 0.05) is 0 Å². The molecule has 2 N–H and O–H groups in total. The number of nitrogens with two attached hydrogens (primary N) is 1. The molecule has 0 atom stereocenters. The minimum atomic E-state index is -0.171. The highest BCUT2D eigenvalue weighted by Gasteiger charge is 2.21. The second-order valence-corrected chi connectivity index (χ2v) is 5.32. The van der Waals surface area contributed by atoms with Crippen molar-refractivity contribution < 1.29 is 9.53 Å². The van der Waals surface area contributed by atoms with Crippen LogP contribution in [0.5, 0.6) is 5.75 Å². The first-order chi connectivity index (χ1) is 7.81. The van der Waals surface area contributed by atoms with E-state index in [1.807, 2.05) is 6.07 Å². The number of methoxy groups -OCH3 is 1. The fraction of sp³-hybridized carbons (Fsp3) is 0.462. The lowest BCUT2D eigenvalue weighted by atomic mass is 9.85. The number of ether oxygens (including phenoxy) is 1. The van der Waals surface area contributed by atoms with E-state index < -0.39 is 0 Å². The van der Waals surface area contributed by atoms with Gasteiger partial charge in [-0.3, -0.25) is 4.79 Å². The molecule has 0 aliphatic carbocycles. The fourth-order valence-electron chi connectivity index (χ4n) is 1.55. The van der Waals surface area contributed by atoms with Gasteiger partial charge in [0.05, 0.1) is 24.2 Å². The largest absolute Gasteiger partial charge is 0.494 e. The first-order valence-electron chi connectivity index (χ1n) is 5.42. The molecule has 0 bridgehead atoms. The molecule has 0 aliphatic heterocycles. The second-order valence-electron chi connectivity index (χ2n) is 4.92. The van der Waals surface area contributed by atoms with Crippen molar-refractivity contribution >= 4 is 17.4 Å². The lowest BCUT2D eigenvalue weighted by Gasteiger charge is -2.21. The number of benzene rings is 1. The molecule has 0 unspecified atom stereocenters. The minimum absolute atomic E-state index is 0.0553. The number of hydrogen-bond donors (Lipinski definition) is 1. The van der Waals surface area contributed by atoms with E-state index in [0.29, 0.717) is 16.3 Å². The number of rotatable bonds is 3. The molecule has 0 fully saturated rings. The molecule has 3 nitrogen and oxygen atoms in total. The molecule has 1 rings (SSSR count). The summed E-state index contributed by atoms with van der Waals surface area (Å²) in [5.74, 6) is 0.227. The summed E-state index contributed by atoms with van der Waals surface area (Å²) in [6, 6.07) is 3.63. The van der Waals surface area contributed by atoms with Crippen LogP contribution < -0.4 is 10.5 Å². The van der Waals surface area contributed by atoms with Gasteiger partial charge in [-0.05, 0) is 23.1 Å². The first-order valence-corrected chi connectivity index (χ1v) is 5.80. The third-order valence-electron chi connectivity index (χ3n) is 2.60. The van der Waals surface area contributed by atoms with Gasteiger partial charge in [-0.25, -0.2) is 0 Å². The Bertz CT molecular complexity index is 436. The van der Waals surface area contributed by atoms with Crippen LogP contribution in [-0.2, 0) is 5.41 Å². The molecule has 1 aromatic rings. The van der Waals surface area contributed by atoms with Crippen LogP contribution >= 0.6 is 11.6 Å². The molecule has 17 heavy (non-hydrogen) atoms. The van der Waals surface area contributed by atoms with Crippen LogP contribution in [-0.4, -0.2) is 19.4 Å². The van der Waals surface area contributed by atoms with E-state index in [2.05, 4.69) is 20.8 Å². The highest BCUT2D eigenvalue weighted by molar-refractivity contribution is 6.32. The quantitative estimate of drug-likeness (QED) is 0.845. The Morgan fingerprint density at radius 3 is 2.41 bits per heavy atom. The third-order valence-corrected chi connectivity index (χ3v) is 2.88. The van der Waals surface area contributed by atoms with Gasteiger partial charge in [-0.15, -0.1) is 0 Å². The van der Waals surface area contributed by atoms with Gasteiger partial charge in [0.15, 0.2) is 5.78 Å². The van der Waals surface area contributed by atoms with E-state index in [-0.39, 0.29) is 17.7 Å². The Morgan fingerprint density at radius 2 is 2.00 bits per heavy atom. The lowest BCUT2D eigenvalue weighted by Crippen LogP contribution is -2.17. The summed E-state index contributed by atoms with van der Waals surface area (Å²) in [6.45, 7) is 6.12. The molecule has 0 aromatic heterocycles. The number of Topliss-reactive ketones (excluding diaryl/α,β-unsaturated/α-hetero) is 1. The van der Waals surface area contributed by atoms with Gasteiger partial charge in [-0.1, -0.05) is 32.4 Å². The van der Waals surface area contributed by atoms with Gasteiger partial charge in [0.2, 0.25) is 0 Å². The van der Waals surface area contributed by atoms with E-state index >= 15 is 0 Å². The van der Waals surface area contributed by atoms with Crippen molar-refractivity contribution in [3.05, 3.63) is 28.3 Å². The van der Waals surface area contributed by atoms with Crippen LogP contribution in [0.25, 0.3) is 0 Å². The summed E-state index contributed by atoms with van der Waals surface area (Å²) in [7, 11) is 1.49. The number of hydrogen-bond acceptors (Lipinski definition) is 3. The summed E-state index contributed by atoms with van der Waals surface area (Å²) >= 11 is 6.12. The summed E-state index contributed by atoms with van der Waals surface area (Å²) in [6.07, 6.45) is 0. The average molecular weight is 256 g/mol. The fourth-order valence-corrected chi connectivity index (χ4v) is 1.85. The van der Waals surface area contributed by atoms with E-state index in [1.165, 1.54) is 7.11 Å². The van der Waals surface area contributed by atoms with E-state index in [0.717, 1.165) is 5.56 Å². The summed E-state index contributed by atoms with van der Waals surface area (Å²) < 4.78 is 5.16. The van der Waals surface area contributed by atoms with Crippen molar-refractivity contribution in [2.45, 2.75) is 26.2 Å². The topological polar surface area (TPSA) is 52.3 Å². The predicted molar refractivity (Wildman–Crippen MR) is 70.1 cm³/mol. The zero-order chi connectivity index (χ0) is 13.2. The zero-order valence-electron chi connectivity index (χ0n) is 10.6. The van der Waals surface area contributed by atoms with Crippen LogP contribution in [0.2, 0.25) is 5.02 Å². The highest BCUT2D eigenvalue weighted by atomic mass is 35.5. The Labute approximate surface area is 107 Å². The number of carbonyl (C=O) groups is 1. The number of carbonyl (C=O) groups excluding carboxylic acids is 1. The third kappa shape index (κ3) is 2.99. The van der Waals surface area contributed by atoms with Gasteiger partial charge in [0.25, 0.3) is 0 Å². The van der Waals surface area contributed by atoms with Crippen molar-refractivity contribution in [2.75, 3.05) is 13.7 Å². The van der Waals surface area contributed by atoms with Gasteiger partial charge < -0.3 is 10.5 Å². The molecular formula is C13H18ClNO2. The molecule has 0 saturated carbocycles. The van der Waals surface area contributed by atoms with Crippen molar-refractivity contribution in [1.29, 1.82) is 0 Å². The van der Waals surface area contributed by atoms with Crippen molar-refractivity contribution in [2.24, 2.45) is 5.73 Å². The van der Waals surface area contributed by atoms with Gasteiger partial charge >= 0.3 is 0 Å². The minimum Gasteiger partial charge on any atom is -0.494 e. The second kappa shape index (κ2) is 5.07. The molecule has 0 heterocycles. The Kier molecular flexibility index (Phi) is 4.17. The van der Waals surface area contributed by atoms with Crippen LogP contribution in [0.3, 0.4) is 0 Å². The van der Waals surface area contributed by atoms with Gasteiger partial charge in [-0.2, -0.15) is 0 Å². The summed E-state index contributed by atoms with van der Waals surface area (Å²) in [4.78, 5) is 11.8. The van der Waals surface area contributed by atoms with Crippen LogP contribution in [0.4, 0.5) is 0 Å². The number of ketones is 1. The predicted octanol–water partition coefficient (Wildman–Crippen LogP) is 2.79. The first kappa shape index (κ1) is 14.0. The van der Waals surface area contributed by atoms with E-state index in [1.54, 1.807) is 6.07 Å². The highest BCUT2D eigenvalue weighted by Crippen LogP contribution is 2.34. The molecule has 4 heteroatoms. The zero-order valence-corrected chi connectivity index (χ0v) is 11.4. The molecule has 0 spiro atoms. The molecular weight excluding hydrogens is 238 g/mol. The molecule has 0 radical (unpaired) electrons. The molecule has 0 amide bonds. The SMILES string of the molecule is COc1c(Cl)cc(C(C)(C)C)cc1C(=O)CN. The summed E-state index contributed by atoms with van der Waals surface area (Å²) in [5, 5.41) is 0.441. The van der Waals surface area contributed by atoms with Crippen molar-refractivity contribution in [3.63, 3.8) is 0 Å². The van der Waals surface area contributed by atoms with E-state index in [4.69, 9.17) is 22.1 Å². The molecule has 94 valence electrons. The Hall–Kier alpha value is -1.06. The monoisotopic (exact) mass is 255 g/mol. The Morgan fingerprint density at radius 1 is 1.41 bits per heavy atom. The maximum absolute atomic E-state index is 11.8. The average Bonchev–Trinajstić information content (AvgIpc) is 2.25. The maximum Gasteiger partial charge on any atom is 0.180 e. The smallest absolute Gasteiger partial charge is 0.180 e. The van der Waals surface area contributed by atoms with Crippen LogP contribution in [0.1, 0.15) is 36.7 Å². The molecule has 0 aliphatic rings. The standard InChI is InChI=1S/C13H18ClNO2/c1-13(2,3)8-5-9(11(16)7-15)12(17-4)10(14)6-8/h5-6H,7,15H2,1-4H3. The van der Waals surface area contributed by atoms with Crippen LogP contribution in [0.15, 0.2) is 12.1 Å². The van der Waals surface area contributed by atoms with Crippen molar-refractivity contribution in [1.82, 2.24) is 0 Å². The normalized spacial score (nSPS) is 11.4. The lowest BCUT2D eigenvalue weighted by molar-refractivity contribution is 0.0998. The van der Waals surface area contributed by atoms with Gasteiger partial charge in [0.1, 0.15) is 5.75 Å². The maximum atomic E-state index is 11.8. The summed E-state index contributed by atoms with van der Waals surface area (Å²) in [5.41, 5.74) is 6.74. The van der Waals surface area contributed by atoms with Crippen LogP contribution in [0, 0.1) is 0 Å².